The molecule has 0 unspecified atom stereocenters. The Labute approximate surface area is 242 Å². The first-order valence-corrected chi connectivity index (χ1v) is 13.7. The Balaban J connectivity index is 1.65. The van der Waals surface area contributed by atoms with Crippen LogP contribution in [0.5, 0.6) is 11.5 Å². The number of benzene rings is 2. The molecule has 0 saturated heterocycles. The van der Waals surface area contributed by atoms with Crippen molar-refractivity contribution < 1.29 is 36.6 Å². The van der Waals surface area contributed by atoms with Crippen LogP contribution in [0.3, 0.4) is 0 Å². The maximum atomic E-state index is 14.2. The molecule has 0 saturated carbocycles. The monoisotopic (exact) mass is 608 g/mol. The first-order chi connectivity index (χ1) is 19.6. The molecule has 14 heteroatoms. The van der Waals surface area contributed by atoms with E-state index >= 15 is 0 Å². The summed E-state index contributed by atoms with van der Waals surface area (Å²) in [7, 11) is 4.30. The number of halogens is 4. The van der Waals surface area contributed by atoms with Crippen LogP contribution in [0.4, 0.5) is 13.2 Å². The lowest BCUT2D eigenvalue weighted by Crippen LogP contribution is -2.16. The maximum Gasteiger partial charge on any atom is 0.452 e. The number of oxazole rings is 1. The van der Waals surface area contributed by atoms with Crippen molar-refractivity contribution in [2.45, 2.75) is 35.9 Å². The number of carbonyl (C=O) groups is 1. The molecule has 1 aliphatic rings. The third-order valence-electron chi connectivity index (χ3n) is 6.52. The van der Waals surface area contributed by atoms with Crippen LogP contribution in [0.1, 0.15) is 51.3 Å². The average Bonchev–Trinajstić information content (AvgIpc) is 3.58. The van der Waals surface area contributed by atoms with Gasteiger partial charge in [-0.2, -0.15) is 13.2 Å². The van der Waals surface area contributed by atoms with Gasteiger partial charge in [0.2, 0.25) is 5.82 Å². The molecule has 1 aliphatic heterocycles. The number of rotatable bonds is 8. The number of aromatic nitrogens is 4. The minimum Gasteiger partial charge on any atom is -0.493 e. The van der Waals surface area contributed by atoms with Crippen molar-refractivity contribution in [1.29, 1.82) is 0 Å². The highest BCUT2D eigenvalue weighted by molar-refractivity contribution is 8.00. The summed E-state index contributed by atoms with van der Waals surface area (Å²) < 4.78 is 65.4. The molecular formula is C27H24ClF3N4O5S. The van der Waals surface area contributed by atoms with Crippen LogP contribution in [0.2, 0.25) is 5.02 Å². The Morgan fingerprint density at radius 3 is 2.63 bits per heavy atom. The zero-order valence-electron chi connectivity index (χ0n) is 22.1. The van der Waals surface area contributed by atoms with E-state index in [2.05, 4.69) is 19.9 Å². The topological polar surface area (TPSA) is 102 Å². The van der Waals surface area contributed by atoms with Crippen LogP contribution in [0.15, 0.2) is 47.0 Å². The van der Waals surface area contributed by atoms with Crippen molar-refractivity contribution in [2.75, 3.05) is 21.3 Å². The van der Waals surface area contributed by atoms with Gasteiger partial charge in [-0.3, -0.25) is 9.36 Å². The van der Waals surface area contributed by atoms with E-state index in [0.29, 0.717) is 33.4 Å². The van der Waals surface area contributed by atoms with Gasteiger partial charge < -0.3 is 18.6 Å². The maximum absolute atomic E-state index is 14.2. The first-order valence-electron chi connectivity index (χ1n) is 12.3. The summed E-state index contributed by atoms with van der Waals surface area (Å²) in [4.78, 5) is 15.9. The summed E-state index contributed by atoms with van der Waals surface area (Å²) in [6.07, 6.45) is -2.85. The van der Waals surface area contributed by atoms with Crippen molar-refractivity contribution >= 4 is 29.3 Å². The molecule has 0 radical (unpaired) electrons. The Morgan fingerprint density at radius 2 is 1.93 bits per heavy atom. The van der Waals surface area contributed by atoms with Gasteiger partial charge in [-0.15, -0.1) is 22.0 Å². The van der Waals surface area contributed by atoms with Gasteiger partial charge >= 0.3 is 12.1 Å². The lowest BCUT2D eigenvalue weighted by atomic mass is 10.0. The molecule has 0 amide bonds. The van der Waals surface area contributed by atoms with Gasteiger partial charge in [0, 0.05) is 23.4 Å². The third kappa shape index (κ3) is 5.73. The number of para-hydroxylation sites is 1. The van der Waals surface area contributed by atoms with Gasteiger partial charge in [0.25, 0.3) is 0 Å². The molecule has 0 spiro atoms. The zero-order valence-corrected chi connectivity index (χ0v) is 23.6. The van der Waals surface area contributed by atoms with Gasteiger partial charge in [-0.25, -0.2) is 4.98 Å². The van der Waals surface area contributed by atoms with E-state index in [4.69, 9.17) is 25.5 Å². The fourth-order valence-corrected chi connectivity index (χ4v) is 6.40. The SMILES string of the molecule is COC(=O)CCc1cnc(C[C@H]2S[C@H](c3cccc(OC)c3OC)c3cc(Cl)ccc3-n3c2nnc3C(F)(F)F)o1. The predicted molar refractivity (Wildman–Crippen MR) is 144 cm³/mol. The third-order valence-corrected chi connectivity index (χ3v) is 8.24. The molecule has 41 heavy (non-hydrogen) atoms. The number of methoxy groups -OCH3 is 3. The van der Waals surface area contributed by atoms with Crippen LogP contribution in [-0.4, -0.2) is 47.0 Å². The van der Waals surface area contributed by atoms with Gasteiger partial charge in [0.05, 0.1) is 50.1 Å². The van der Waals surface area contributed by atoms with E-state index < -0.39 is 28.5 Å². The summed E-state index contributed by atoms with van der Waals surface area (Å²) in [6.45, 7) is 0. The first kappa shape index (κ1) is 28.8. The predicted octanol–water partition coefficient (Wildman–Crippen LogP) is 6.17. The zero-order chi connectivity index (χ0) is 29.3. The van der Waals surface area contributed by atoms with Crippen molar-refractivity contribution in [3.63, 3.8) is 0 Å². The van der Waals surface area contributed by atoms with Crippen molar-refractivity contribution in [1.82, 2.24) is 19.7 Å². The Kier molecular flexibility index (Phi) is 8.18. The fourth-order valence-electron chi connectivity index (χ4n) is 4.71. The van der Waals surface area contributed by atoms with Gasteiger partial charge in [0.15, 0.2) is 23.2 Å². The van der Waals surface area contributed by atoms with Crippen LogP contribution < -0.4 is 9.47 Å². The number of aryl methyl sites for hydroxylation is 1. The van der Waals surface area contributed by atoms with E-state index in [1.165, 1.54) is 51.4 Å². The fraction of sp³-hybridized carbons (Fsp3) is 0.333. The minimum atomic E-state index is -4.78. The molecule has 9 nitrogen and oxygen atoms in total. The Morgan fingerprint density at radius 1 is 1.12 bits per heavy atom. The molecular weight excluding hydrogens is 585 g/mol. The van der Waals surface area contributed by atoms with Crippen molar-refractivity contribution in [3.05, 3.63) is 82.0 Å². The molecule has 2 aromatic heterocycles. The smallest absolute Gasteiger partial charge is 0.452 e. The van der Waals surface area contributed by atoms with Crippen LogP contribution in [0.25, 0.3) is 5.69 Å². The van der Waals surface area contributed by atoms with Crippen molar-refractivity contribution in [3.8, 4) is 17.2 Å². The number of ether oxygens (including phenoxy) is 3. The second kappa shape index (κ2) is 11.6. The minimum absolute atomic E-state index is 0.0737. The van der Waals surface area contributed by atoms with E-state index in [1.54, 1.807) is 18.2 Å². The van der Waals surface area contributed by atoms with Crippen LogP contribution in [-0.2, 0) is 28.5 Å². The van der Waals surface area contributed by atoms with Gasteiger partial charge in [0.1, 0.15) is 5.76 Å². The second-order valence-corrected chi connectivity index (χ2v) is 10.8. The number of thioether (sulfide) groups is 1. The Bertz CT molecular complexity index is 1570. The summed E-state index contributed by atoms with van der Waals surface area (Å²) in [5.41, 5.74) is 1.41. The summed E-state index contributed by atoms with van der Waals surface area (Å²) >= 11 is 7.73. The van der Waals surface area contributed by atoms with Crippen molar-refractivity contribution in [2.24, 2.45) is 0 Å². The van der Waals surface area contributed by atoms with Crippen LogP contribution in [0, 0.1) is 0 Å². The van der Waals surface area contributed by atoms with E-state index in [1.807, 2.05) is 6.07 Å². The number of carbonyl (C=O) groups excluding carboxylic acids is 1. The number of hydrogen-bond donors (Lipinski definition) is 0. The summed E-state index contributed by atoms with van der Waals surface area (Å²) in [6, 6.07) is 10.0. The normalized spacial score (nSPS) is 16.5. The molecule has 2 aromatic carbocycles. The molecule has 0 fully saturated rings. The highest BCUT2D eigenvalue weighted by Gasteiger charge is 2.43. The van der Waals surface area contributed by atoms with Gasteiger partial charge in [-0.05, 0) is 29.8 Å². The molecule has 0 N–H and O–H groups in total. The standard InChI is InChI=1S/C27H24ClF3N4O5S/c1-37-19-6-4-5-16(23(19)39-3)24-17-11-14(28)7-9-18(17)35-25(33-34-26(35)27(29,30)31)20(41-24)12-21-32-13-15(40-21)8-10-22(36)38-2/h4-7,9,11,13,20,24H,8,10,12H2,1-3H3/t20-,24-/m1/s1. The van der Waals surface area contributed by atoms with E-state index in [0.717, 1.165) is 4.57 Å². The molecule has 4 aromatic rings. The second-order valence-electron chi connectivity index (χ2n) is 9.01. The lowest BCUT2D eigenvalue weighted by molar-refractivity contribution is -0.146. The molecule has 216 valence electrons. The summed E-state index contributed by atoms with van der Waals surface area (Å²) in [5.74, 6) is 0.131. The largest absolute Gasteiger partial charge is 0.493 e. The quantitative estimate of drug-likeness (QED) is 0.217. The molecule has 3 heterocycles. The average molecular weight is 609 g/mol. The highest BCUT2D eigenvalue weighted by Crippen LogP contribution is 2.54. The number of hydrogen-bond acceptors (Lipinski definition) is 9. The van der Waals surface area contributed by atoms with E-state index in [-0.39, 0.29) is 36.7 Å². The summed E-state index contributed by atoms with van der Waals surface area (Å²) in [5, 5.41) is 6.65. The highest BCUT2D eigenvalue weighted by atomic mass is 35.5. The molecule has 0 aliphatic carbocycles. The van der Waals surface area contributed by atoms with Gasteiger partial charge in [-0.1, -0.05) is 23.7 Å². The lowest BCUT2D eigenvalue weighted by Gasteiger charge is -2.23. The number of nitrogens with zero attached hydrogens (tertiary/aromatic N) is 4. The van der Waals surface area contributed by atoms with E-state index in [9.17, 15) is 18.0 Å². The Hall–Kier alpha value is -3.71. The molecule has 5 rings (SSSR count). The van der Waals surface area contributed by atoms with Crippen LogP contribution >= 0.6 is 23.4 Å². The number of esters is 1. The molecule has 0 bridgehead atoms. The number of fused-ring (bicyclic) bond motifs is 3. The molecule has 2 atom stereocenters. The number of alkyl halides is 3.